The number of hydrogen-bond donors (Lipinski definition) is 1. The van der Waals surface area contributed by atoms with Crippen LogP contribution in [0.1, 0.15) is 23.6 Å². The summed E-state index contributed by atoms with van der Waals surface area (Å²) in [5.41, 5.74) is 3.85. The highest BCUT2D eigenvalue weighted by Crippen LogP contribution is 2.29. The van der Waals surface area contributed by atoms with Gasteiger partial charge in [-0.25, -0.2) is 0 Å². The van der Waals surface area contributed by atoms with Crippen LogP contribution in [0.3, 0.4) is 0 Å². The zero-order valence-corrected chi connectivity index (χ0v) is 16.7. The predicted octanol–water partition coefficient (Wildman–Crippen LogP) is 5.54. The standard InChI is InChI=1S/C18H19Br2NO2/c1-10-5-6-16(15(20)7-10)21-18(22)13(4)23-17-11(2)8-14(19)9-12(17)3/h5-9,13H,1-4H3,(H,21,22). The van der Waals surface area contributed by atoms with Crippen molar-refractivity contribution in [2.75, 3.05) is 5.32 Å². The first kappa shape index (κ1) is 18.0. The van der Waals surface area contributed by atoms with Gasteiger partial charge in [-0.3, -0.25) is 4.79 Å². The smallest absolute Gasteiger partial charge is 0.265 e. The van der Waals surface area contributed by atoms with Crippen molar-refractivity contribution in [1.82, 2.24) is 0 Å². The lowest BCUT2D eigenvalue weighted by Crippen LogP contribution is -2.30. The molecule has 0 aromatic heterocycles. The first-order chi connectivity index (χ1) is 10.8. The molecule has 5 heteroatoms. The van der Waals surface area contributed by atoms with Crippen molar-refractivity contribution < 1.29 is 9.53 Å². The molecule has 0 heterocycles. The van der Waals surface area contributed by atoms with Crippen molar-refractivity contribution in [2.45, 2.75) is 33.8 Å². The van der Waals surface area contributed by atoms with E-state index in [2.05, 4.69) is 37.2 Å². The first-order valence-corrected chi connectivity index (χ1v) is 8.87. The molecular formula is C18H19Br2NO2. The summed E-state index contributed by atoms with van der Waals surface area (Å²) in [5, 5.41) is 2.89. The Kier molecular flexibility index (Phi) is 5.87. The molecule has 0 saturated carbocycles. The van der Waals surface area contributed by atoms with Gasteiger partial charge in [-0.2, -0.15) is 0 Å². The van der Waals surface area contributed by atoms with E-state index >= 15 is 0 Å². The molecule has 0 radical (unpaired) electrons. The second kappa shape index (κ2) is 7.49. The number of carbonyl (C=O) groups is 1. The molecule has 0 saturated heterocycles. The average molecular weight is 441 g/mol. The SMILES string of the molecule is Cc1ccc(NC(=O)C(C)Oc2c(C)cc(Br)cc2C)c(Br)c1. The van der Waals surface area contributed by atoms with Crippen LogP contribution >= 0.6 is 31.9 Å². The lowest BCUT2D eigenvalue weighted by atomic mass is 10.1. The third kappa shape index (κ3) is 4.58. The van der Waals surface area contributed by atoms with Crippen LogP contribution in [0.2, 0.25) is 0 Å². The molecular weight excluding hydrogens is 422 g/mol. The van der Waals surface area contributed by atoms with Gasteiger partial charge < -0.3 is 10.1 Å². The van der Waals surface area contributed by atoms with Gasteiger partial charge in [-0.05, 0) is 84.6 Å². The van der Waals surface area contributed by atoms with Gasteiger partial charge in [0.15, 0.2) is 6.10 Å². The van der Waals surface area contributed by atoms with Crippen LogP contribution in [0.15, 0.2) is 39.3 Å². The molecule has 0 aliphatic rings. The van der Waals surface area contributed by atoms with Crippen LogP contribution in [0.25, 0.3) is 0 Å². The fourth-order valence-corrected chi connectivity index (χ4v) is 3.55. The van der Waals surface area contributed by atoms with Gasteiger partial charge in [0, 0.05) is 8.95 Å². The lowest BCUT2D eigenvalue weighted by Gasteiger charge is -2.19. The van der Waals surface area contributed by atoms with E-state index in [-0.39, 0.29) is 5.91 Å². The van der Waals surface area contributed by atoms with Crippen molar-refractivity contribution >= 4 is 43.5 Å². The van der Waals surface area contributed by atoms with Crippen LogP contribution in [-0.2, 0) is 4.79 Å². The molecule has 1 N–H and O–H groups in total. The van der Waals surface area contributed by atoms with Gasteiger partial charge in [0.2, 0.25) is 0 Å². The summed E-state index contributed by atoms with van der Waals surface area (Å²) < 4.78 is 7.74. The van der Waals surface area contributed by atoms with E-state index in [4.69, 9.17) is 4.74 Å². The van der Waals surface area contributed by atoms with E-state index in [9.17, 15) is 4.79 Å². The quantitative estimate of drug-likeness (QED) is 0.677. The number of anilines is 1. The van der Waals surface area contributed by atoms with Crippen LogP contribution in [-0.4, -0.2) is 12.0 Å². The van der Waals surface area contributed by atoms with Gasteiger partial charge in [-0.15, -0.1) is 0 Å². The summed E-state index contributed by atoms with van der Waals surface area (Å²) in [5.74, 6) is 0.565. The summed E-state index contributed by atoms with van der Waals surface area (Å²) in [6.45, 7) is 7.68. The molecule has 1 unspecified atom stereocenters. The van der Waals surface area contributed by atoms with Gasteiger partial charge in [0.1, 0.15) is 5.75 Å². The van der Waals surface area contributed by atoms with E-state index in [1.54, 1.807) is 6.92 Å². The van der Waals surface area contributed by atoms with Crippen molar-refractivity contribution in [3.05, 3.63) is 56.0 Å². The summed E-state index contributed by atoms with van der Waals surface area (Å²) in [4.78, 5) is 12.4. The molecule has 1 atom stereocenters. The highest BCUT2D eigenvalue weighted by molar-refractivity contribution is 9.10. The number of aryl methyl sites for hydroxylation is 3. The molecule has 23 heavy (non-hydrogen) atoms. The molecule has 3 nitrogen and oxygen atoms in total. The molecule has 2 rings (SSSR count). The van der Waals surface area contributed by atoms with Crippen LogP contribution in [0.4, 0.5) is 5.69 Å². The Morgan fingerprint density at radius 3 is 2.26 bits per heavy atom. The molecule has 2 aromatic carbocycles. The minimum atomic E-state index is -0.596. The Balaban J connectivity index is 2.11. The molecule has 0 spiro atoms. The molecule has 122 valence electrons. The van der Waals surface area contributed by atoms with Gasteiger partial charge in [0.05, 0.1) is 5.69 Å². The fourth-order valence-electron chi connectivity index (χ4n) is 2.27. The highest BCUT2D eigenvalue weighted by Gasteiger charge is 2.18. The Morgan fingerprint density at radius 1 is 1.09 bits per heavy atom. The molecule has 0 bridgehead atoms. The molecule has 1 amide bonds. The average Bonchev–Trinajstić information content (AvgIpc) is 2.45. The van der Waals surface area contributed by atoms with E-state index < -0.39 is 6.10 Å². The minimum absolute atomic E-state index is 0.184. The normalized spacial score (nSPS) is 11.9. The third-order valence-corrected chi connectivity index (χ3v) is 4.59. The Hall–Kier alpha value is -1.33. The second-order valence-electron chi connectivity index (χ2n) is 5.60. The summed E-state index contributed by atoms with van der Waals surface area (Å²) >= 11 is 6.92. The van der Waals surface area contributed by atoms with Crippen LogP contribution < -0.4 is 10.1 Å². The number of rotatable bonds is 4. The summed E-state index contributed by atoms with van der Waals surface area (Å²) in [6.07, 6.45) is -0.596. The topological polar surface area (TPSA) is 38.3 Å². The maximum Gasteiger partial charge on any atom is 0.265 e. The van der Waals surface area contributed by atoms with Gasteiger partial charge >= 0.3 is 0 Å². The maximum atomic E-state index is 12.4. The monoisotopic (exact) mass is 439 g/mol. The zero-order chi connectivity index (χ0) is 17.1. The van der Waals surface area contributed by atoms with Crippen molar-refractivity contribution in [3.63, 3.8) is 0 Å². The molecule has 2 aromatic rings. The maximum absolute atomic E-state index is 12.4. The number of carbonyl (C=O) groups excluding carboxylic acids is 1. The molecule has 0 aliphatic heterocycles. The van der Waals surface area contributed by atoms with Crippen molar-refractivity contribution in [3.8, 4) is 5.75 Å². The van der Waals surface area contributed by atoms with Gasteiger partial charge in [0.25, 0.3) is 5.91 Å². The van der Waals surface area contributed by atoms with Gasteiger partial charge in [-0.1, -0.05) is 22.0 Å². The Morgan fingerprint density at radius 2 is 1.70 bits per heavy atom. The summed E-state index contributed by atoms with van der Waals surface area (Å²) in [6, 6.07) is 9.74. The minimum Gasteiger partial charge on any atom is -0.480 e. The number of nitrogens with one attached hydrogen (secondary N) is 1. The van der Waals surface area contributed by atoms with Crippen LogP contribution in [0, 0.1) is 20.8 Å². The summed E-state index contributed by atoms with van der Waals surface area (Å²) in [7, 11) is 0. The van der Waals surface area contributed by atoms with Crippen molar-refractivity contribution in [1.29, 1.82) is 0 Å². The number of hydrogen-bond acceptors (Lipinski definition) is 2. The van der Waals surface area contributed by atoms with Crippen LogP contribution in [0.5, 0.6) is 5.75 Å². The number of amides is 1. The molecule has 0 aliphatic carbocycles. The Labute approximate surface area is 153 Å². The first-order valence-electron chi connectivity index (χ1n) is 7.28. The number of halogens is 2. The van der Waals surface area contributed by atoms with Crippen molar-refractivity contribution in [2.24, 2.45) is 0 Å². The number of benzene rings is 2. The van der Waals surface area contributed by atoms with E-state index in [1.165, 1.54) is 0 Å². The Bertz CT molecular complexity index is 721. The predicted molar refractivity (Wildman–Crippen MR) is 101 cm³/mol. The fraction of sp³-hybridized carbons (Fsp3) is 0.278. The second-order valence-corrected chi connectivity index (χ2v) is 7.37. The van der Waals surface area contributed by atoms with E-state index in [1.807, 2.05) is 51.1 Å². The lowest BCUT2D eigenvalue weighted by molar-refractivity contribution is -0.122. The van der Waals surface area contributed by atoms with E-state index in [0.29, 0.717) is 0 Å². The molecule has 0 fully saturated rings. The largest absolute Gasteiger partial charge is 0.480 e. The highest BCUT2D eigenvalue weighted by atomic mass is 79.9. The number of ether oxygens (including phenoxy) is 1. The zero-order valence-electron chi connectivity index (χ0n) is 13.5. The van der Waals surface area contributed by atoms with E-state index in [0.717, 1.165) is 37.1 Å². The third-order valence-electron chi connectivity index (χ3n) is 3.47.